The number of nitrogens with one attached hydrogen (secondary N) is 1. The smallest absolute Gasteiger partial charge is 0.354 e. The van der Waals surface area contributed by atoms with E-state index in [4.69, 9.17) is 5.11 Å². The Labute approximate surface area is 104 Å². The first-order chi connectivity index (χ1) is 8.49. The number of carboxylic acid groups (broad SMARTS) is 1. The summed E-state index contributed by atoms with van der Waals surface area (Å²) in [7, 11) is -1.42. The number of halogens is 1. The van der Waals surface area contributed by atoms with Crippen molar-refractivity contribution in [2.24, 2.45) is 0 Å². The van der Waals surface area contributed by atoms with Crippen LogP contribution in [0.5, 0.6) is 0 Å². The van der Waals surface area contributed by atoms with Crippen molar-refractivity contribution in [3.63, 3.8) is 0 Å². The fraction of sp³-hybridized carbons (Fsp3) is 0.0909. The van der Waals surface area contributed by atoms with Crippen molar-refractivity contribution in [3.05, 3.63) is 35.8 Å². The lowest BCUT2D eigenvalue weighted by Crippen LogP contribution is -1.99. The Bertz CT molecular complexity index is 622. The zero-order valence-corrected chi connectivity index (χ0v) is 10.1. The number of imidazole rings is 1. The summed E-state index contributed by atoms with van der Waals surface area (Å²) >= 11 is 0. The van der Waals surface area contributed by atoms with Gasteiger partial charge in [-0.25, -0.2) is 14.2 Å². The van der Waals surface area contributed by atoms with Crippen molar-refractivity contribution in [3.8, 4) is 11.3 Å². The van der Waals surface area contributed by atoms with Crippen LogP contribution in [0.1, 0.15) is 10.5 Å². The summed E-state index contributed by atoms with van der Waals surface area (Å²) in [6.07, 6.45) is 1.39. The molecule has 0 bridgehead atoms. The molecule has 0 saturated heterocycles. The SMILES string of the molecule is CS(=O)c1nc(-c2ccc(F)cc2)c(C(=O)O)[nH]1. The number of hydrogen-bond acceptors (Lipinski definition) is 3. The predicted octanol–water partition coefficient (Wildman–Crippen LogP) is 1.65. The van der Waals surface area contributed by atoms with Crippen molar-refractivity contribution < 1.29 is 18.5 Å². The quantitative estimate of drug-likeness (QED) is 0.886. The van der Waals surface area contributed by atoms with Crippen LogP contribution < -0.4 is 0 Å². The van der Waals surface area contributed by atoms with Crippen molar-refractivity contribution in [2.75, 3.05) is 6.26 Å². The van der Waals surface area contributed by atoms with Gasteiger partial charge in [0, 0.05) is 11.8 Å². The van der Waals surface area contributed by atoms with E-state index in [1.165, 1.54) is 30.5 Å². The largest absolute Gasteiger partial charge is 0.477 e. The molecule has 0 amide bonds. The van der Waals surface area contributed by atoms with Gasteiger partial charge in [0.05, 0.1) is 10.8 Å². The summed E-state index contributed by atoms with van der Waals surface area (Å²) in [5, 5.41) is 9.11. The molecule has 18 heavy (non-hydrogen) atoms. The summed E-state index contributed by atoms with van der Waals surface area (Å²) in [6.45, 7) is 0. The van der Waals surface area contributed by atoms with Crippen LogP contribution in [0.15, 0.2) is 29.4 Å². The highest BCUT2D eigenvalue weighted by molar-refractivity contribution is 7.84. The van der Waals surface area contributed by atoms with E-state index >= 15 is 0 Å². The van der Waals surface area contributed by atoms with Gasteiger partial charge in [-0.15, -0.1) is 0 Å². The minimum absolute atomic E-state index is 0.0757. The molecule has 2 N–H and O–H groups in total. The molecule has 5 nitrogen and oxygen atoms in total. The maximum Gasteiger partial charge on any atom is 0.354 e. The topological polar surface area (TPSA) is 83.1 Å². The van der Waals surface area contributed by atoms with Gasteiger partial charge in [-0.2, -0.15) is 0 Å². The zero-order chi connectivity index (χ0) is 13.3. The Kier molecular flexibility index (Phi) is 3.24. The molecule has 0 aliphatic carbocycles. The number of aromatic amines is 1. The molecule has 0 spiro atoms. The first-order valence-corrected chi connectivity index (χ1v) is 6.47. The van der Waals surface area contributed by atoms with E-state index in [0.717, 1.165) is 0 Å². The fourth-order valence-corrected chi connectivity index (χ4v) is 1.92. The van der Waals surface area contributed by atoms with Gasteiger partial charge in [0.15, 0.2) is 10.9 Å². The minimum atomic E-state index is -1.42. The molecule has 94 valence electrons. The van der Waals surface area contributed by atoms with Crippen LogP contribution in [-0.4, -0.2) is 31.5 Å². The predicted molar refractivity (Wildman–Crippen MR) is 63.3 cm³/mol. The first-order valence-electron chi connectivity index (χ1n) is 4.91. The number of aromatic carboxylic acids is 1. The van der Waals surface area contributed by atoms with E-state index in [1.807, 2.05) is 0 Å². The van der Waals surface area contributed by atoms with Crippen molar-refractivity contribution in [2.45, 2.75) is 5.16 Å². The van der Waals surface area contributed by atoms with Crippen molar-refractivity contribution in [1.82, 2.24) is 9.97 Å². The van der Waals surface area contributed by atoms with Gasteiger partial charge in [0.25, 0.3) is 0 Å². The summed E-state index contributed by atoms with van der Waals surface area (Å²) in [5.41, 5.74) is 0.432. The van der Waals surface area contributed by atoms with Crippen LogP contribution in [0.2, 0.25) is 0 Å². The van der Waals surface area contributed by atoms with Gasteiger partial charge in [-0.3, -0.25) is 4.21 Å². The molecule has 0 fully saturated rings. The van der Waals surface area contributed by atoms with Gasteiger partial charge in [0.2, 0.25) is 0 Å². The maximum absolute atomic E-state index is 12.8. The summed E-state index contributed by atoms with van der Waals surface area (Å²) in [5.74, 6) is -1.64. The van der Waals surface area contributed by atoms with E-state index in [0.29, 0.717) is 5.56 Å². The number of benzene rings is 1. The molecule has 1 unspecified atom stereocenters. The van der Waals surface area contributed by atoms with Crippen LogP contribution in [0, 0.1) is 5.82 Å². The average Bonchev–Trinajstić information content (AvgIpc) is 2.75. The van der Waals surface area contributed by atoms with Gasteiger partial charge in [0.1, 0.15) is 11.5 Å². The van der Waals surface area contributed by atoms with Crippen molar-refractivity contribution >= 4 is 16.8 Å². The molecule has 0 radical (unpaired) electrons. The lowest BCUT2D eigenvalue weighted by atomic mass is 10.1. The molecule has 1 atom stereocenters. The van der Waals surface area contributed by atoms with Crippen LogP contribution in [-0.2, 0) is 10.8 Å². The Morgan fingerprint density at radius 3 is 2.50 bits per heavy atom. The molecular weight excluding hydrogens is 259 g/mol. The minimum Gasteiger partial charge on any atom is -0.477 e. The second-order valence-electron chi connectivity index (χ2n) is 3.53. The number of carbonyl (C=O) groups is 1. The number of hydrogen-bond donors (Lipinski definition) is 2. The Morgan fingerprint density at radius 1 is 1.39 bits per heavy atom. The molecule has 1 aromatic heterocycles. The average molecular weight is 268 g/mol. The Morgan fingerprint density at radius 2 is 2.00 bits per heavy atom. The lowest BCUT2D eigenvalue weighted by Gasteiger charge is -1.98. The van der Waals surface area contributed by atoms with E-state index in [2.05, 4.69) is 9.97 Å². The molecule has 7 heteroatoms. The molecule has 1 heterocycles. The highest BCUT2D eigenvalue weighted by atomic mass is 32.2. The van der Waals surface area contributed by atoms with E-state index in [-0.39, 0.29) is 16.5 Å². The number of aromatic nitrogens is 2. The Balaban J connectivity index is 2.58. The molecule has 2 rings (SSSR count). The van der Waals surface area contributed by atoms with Gasteiger partial charge in [-0.05, 0) is 24.3 Å². The van der Waals surface area contributed by atoms with E-state index in [1.54, 1.807) is 0 Å². The van der Waals surface area contributed by atoms with Crippen LogP contribution in [0.4, 0.5) is 4.39 Å². The number of carboxylic acids is 1. The first kappa shape index (κ1) is 12.4. The molecular formula is C11H9FN2O3S. The Hall–Kier alpha value is -2.02. The number of rotatable bonds is 3. The highest BCUT2D eigenvalue weighted by Gasteiger charge is 2.19. The summed E-state index contributed by atoms with van der Waals surface area (Å²) in [4.78, 5) is 17.5. The van der Waals surface area contributed by atoms with Gasteiger partial charge < -0.3 is 10.1 Å². The lowest BCUT2D eigenvalue weighted by molar-refractivity contribution is 0.0691. The molecule has 2 aromatic rings. The third-order valence-corrected chi connectivity index (χ3v) is 3.02. The van der Waals surface area contributed by atoms with E-state index < -0.39 is 22.6 Å². The van der Waals surface area contributed by atoms with Crippen molar-refractivity contribution in [1.29, 1.82) is 0 Å². The van der Waals surface area contributed by atoms with Gasteiger partial charge >= 0.3 is 5.97 Å². The second-order valence-corrected chi connectivity index (χ2v) is 4.83. The van der Waals surface area contributed by atoms with Gasteiger partial charge in [-0.1, -0.05) is 0 Å². The second kappa shape index (κ2) is 4.69. The standard InChI is InChI=1S/C11H9FN2O3S/c1-18(17)11-13-8(9(14-11)10(15)16)6-2-4-7(12)5-3-6/h2-5H,1H3,(H,13,14)(H,15,16). The molecule has 0 aliphatic heterocycles. The van der Waals surface area contributed by atoms with Crippen LogP contribution >= 0.6 is 0 Å². The summed E-state index contributed by atoms with van der Waals surface area (Å²) in [6, 6.07) is 5.25. The number of nitrogens with zero attached hydrogens (tertiary/aromatic N) is 1. The van der Waals surface area contributed by atoms with Crippen LogP contribution in [0.25, 0.3) is 11.3 Å². The molecule has 0 aliphatic rings. The third kappa shape index (κ3) is 2.30. The molecule has 1 aromatic carbocycles. The van der Waals surface area contributed by atoms with E-state index in [9.17, 15) is 13.4 Å². The monoisotopic (exact) mass is 268 g/mol. The normalized spacial score (nSPS) is 12.3. The molecule has 0 saturated carbocycles. The maximum atomic E-state index is 12.8. The van der Waals surface area contributed by atoms with Crippen LogP contribution in [0.3, 0.4) is 0 Å². The zero-order valence-electron chi connectivity index (χ0n) is 9.31. The number of H-pyrrole nitrogens is 1. The third-order valence-electron chi connectivity index (χ3n) is 2.29. The summed E-state index contributed by atoms with van der Waals surface area (Å²) < 4.78 is 24.1. The fourth-order valence-electron chi connectivity index (χ4n) is 1.46. The highest BCUT2D eigenvalue weighted by Crippen LogP contribution is 2.22.